The maximum Gasteiger partial charge on any atom is 0.407 e. The number of ether oxygens (including phenoxy) is 2. The third-order valence-corrected chi connectivity index (χ3v) is 10.8. The number of rotatable bonds is 19. The predicted molar refractivity (Wildman–Crippen MR) is 199 cm³/mol. The number of amides is 2. The zero-order valence-electron chi connectivity index (χ0n) is 28.7. The Morgan fingerprint density at radius 3 is 1.94 bits per heavy atom. The third kappa shape index (κ3) is 13.8. The normalized spacial score (nSPS) is 15.4. The highest BCUT2D eigenvalue weighted by Gasteiger charge is 2.28. The van der Waals surface area contributed by atoms with E-state index in [2.05, 4.69) is 25.2 Å². The summed E-state index contributed by atoms with van der Waals surface area (Å²) in [6.07, 6.45) is 3.63. The van der Waals surface area contributed by atoms with Crippen LogP contribution in [0.25, 0.3) is 0 Å². The summed E-state index contributed by atoms with van der Waals surface area (Å²) >= 11 is 1.42. The van der Waals surface area contributed by atoms with Crippen LogP contribution in [0.3, 0.4) is 0 Å². The smallest absolute Gasteiger partial charge is 0.407 e. The number of nitrogens with zero attached hydrogens (tertiary/aromatic N) is 2. The second-order valence-electron chi connectivity index (χ2n) is 12.7. The molecular formula is C38H47N5O6S2. The Hall–Kier alpha value is -4.14. The van der Waals surface area contributed by atoms with Crippen molar-refractivity contribution in [2.45, 2.75) is 62.6 Å². The Balaban J connectivity index is 1.30. The van der Waals surface area contributed by atoms with Gasteiger partial charge in [0.15, 0.2) is 0 Å². The van der Waals surface area contributed by atoms with Gasteiger partial charge in [-0.25, -0.2) is 17.9 Å². The molecule has 0 bridgehead atoms. The van der Waals surface area contributed by atoms with E-state index in [1.807, 2.05) is 66.7 Å². The molecule has 2 amide bonds. The van der Waals surface area contributed by atoms with Crippen molar-refractivity contribution in [1.29, 1.82) is 0 Å². The van der Waals surface area contributed by atoms with Crippen molar-refractivity contribution in [2.75, 3.05) is 32.8 Å². The second kappa shape index (κ2) is 20.0. The Morgan fingerprint density at radius 2 is 1.37 bits per heavy atom. The van der Waals surface area contributed by atoms with Crippen LogP contribution >= 0.6 is 11.3 Å². The Bertz CT molecular complexity index is 1710. The first kappa shape index (κ1) is 38.1. The minimum Gasteiger partial charge on any atom is -0.444 e. The van der Waals surface area contributed by atoms with Gasteiger partial charge in [0.05, 0.1) is 29.4 Å². The Kier molecular flexibility index (Phi) is 15.0. The Labute approximate surface area is 304 Å². The lowest BCUT2D eigenvalue weighted by molar-refractivity contribution is -0.123. The standard InChI is InChI=1S/C38H47N5O6S2/c44-37(36(18-19-43-20-22-48-23-21-43)42-51(46,47)28-32-14-8-3-9-15-32)40-33(24-30-10-4-1-5-11-30)16-17-34(25-31-12-6-2-7-13-31)41-38(45)49-27-35-26-39-29-50-35/h1-15,26,29,33-34,36,42H,16-25,27-28H2,(H,40,44)(H,41,45)/t33-,34-,36+/m1/s1. The van der Waals surface area contributed by atoms with Crippen molar-refractivity contribution >= 4 is 33.4 Å². The maximum absolute atomic E-state index is 14.1. The minimum atomic E-state index is -3.84. The number of carbonyl (C=O) groups is 2. The van der Waals surface area contributed by atoms with E-state index >= 15 is 0 Å². The lowest BCUT2D eigenvalue weighted by Gasteiger charge is -2.29. The first-order valence-electron chi connectivity index (χ1n) is 17.3. The molecule has 0 unspecified atom stereocenters. The molecule has 3 atom stereocenters. The van der Waals surface area contributed by atoms with E-state index in [1.165, 1.54) is 11.3 Å². The molecular weight excluding hydrogens is 687 g/mol. The van der Waals surface area contributed by atoms with Gasteiger partial charge in [-0.1, -0.05) is 91.0 Å². The summed E-state index contributed by atoms with van der Waals surface area (Å²) in [7, 11) is -3.84. The number of benzene rings is 3. The van der Waals surface area contributed by atoms with Gasteiger partial charge in [-0.3, -0.25) is 14.7 Å². The van der Waals surface area contributed by atoms with Gasteiger partial charge in [0.1, 0.15) is 12.6 Å². The molecule has 11 nitrogen and oxygen atoms in total. The van der Waals surface area contributed by atoms with Gasteiger partial charge in [-0.15, -0.1) is 11.3 Å². The number of hydrogen-bond acceptors (Lipinski definition) is 9. The molecule has 0 spiro atoms. The SMILES string of the molecule is O=C(N[C@H](CC[C@H](Cc1ccccc1)NC(=O)[C@H](CCN1CCOCC1)NS(=O)(=O)Cc1ccccc1)Cc1ccccc1)OCc1cncs1. The minimum absolute atomic E-state index is 0.132. The number of hydrogen-bond donors (Lipinski definition) is 3. The van der Waals surface area contributed by atoms with Crippen LogP contribution in [0.15, 0.2) is 103 Å². The number of carbonyl (C=O) groups excluding carboxylic acids is 2. The average molecular weight is 734 g/mol. The summed E-state index contributed by atoms with van der Waals surface area (Å²) in [5.41, 5.74) is 4.43. The molecule has 51 heavy (non-hydrogen) atoms. The van der Waals surface area contributed by atoms with Gasteiger partial charge in [0.2, 0.25) is 15.9 Å². The highest BCUT2D eigenvalue weighted by molar-refractivity contribution is 7.88. The number of nitrogens with one attached hydrogen (secondary N) is 3. The van der Waals surface area contributed by atoms with Gasteiger partial charge in [0.25, 0.3) is 0 Å². The monoisotopic (exact) mass is 733 g/mol. The quantitative estimate of drug-likeness (QED) is 0.126. The molecule has 0 aliphatic carbocycles. The molecule has 13 heteroatoms. The average Bonchev–Trinajstić information content (AvgIpc) is 3.67. The summed E-state index contributed by atoms with van der Waals surface area (Å²) in [6, 6.07) is 27.1. The van der Waals surface area contributed by atoms with Gasteiger partial charge in [-0.2, -0.15) is 0 Å². The van der Waals surface area contributed by atoms with Crippen LogP contribution in [0.1, 0.15) is 40.8 Å². The van der Waals surface area contributed by atoms with E-state index < -0.39 is 22.2 Å². The van der Waals surface area contributed by atoms with Crippen LogP contribution in [0.2, 0.25) is 0 Å². The topological polar surface area (TPSA) is 139 Å². The summed E-state index contributed by atoms with van der Waals surface area (Å²) in [5, 5.41) is 6.23. The van der Waals surface area contributed by atoms with Gasteiger partial charge >= 0.3 is 6.09 Å². The first-order chi connectivity index (χ1) is 24.8. The van der Waals surface area contributed by atoms with E-state index in [9.17, 15) is 18.0 Å². The first-order valence-corrected chi connectivity index (χ1v) is 19.9. The van der Waals surface area contributed by atoms with Crippen LogP contribution in [-0.4, -0.2) is 81.3 Å². The summed E-state index contributed by atoms with van der Waals surface area (Å²) in [4.78, 5) is 34.1. The van der Waals surface area contributed by atoms with Gasteiger partial charge in [-0.05, 0) is 48.8 Å². The van der Waals surface area contributed by atoms with Crippen molar-refractivity contribution < 1.29 is 27.5 Å². The number of aromatic nitrogens is 1. The van der Waals surface area contributed by atoms with Crippen molar-refractivity contribution in [3.63, 3.8) is 0 Å². The molecule has 4 aromatic rings. The molecule has 1 aromatic heterocycles. The van der Waals surface area contributed by atoms with Crippen LogP contribution in [-0.2, 0) is 49.5 Å². The molecule has 0 saturated carbocycles. The third-order valence-electron chi connectivity index (χ3n) is 8.69. The summed E-state index contributed by atoms with van der Waals surface area (Å²) in [6.45, 7) is 3.34. The maximum atomic E-state index is 14.1. The van der Waals surface area contributed by atoms with Crippen LogP contribution in [0.5, 0.6) is 0 Å². The highest BCUT2D eigenvalue weighted by atomic mass is 32.2. The highest BCUT2D eigenvalue weighted by Crippen LogP contribution is 2.15. The zero-order valence-corrected chi connectivity index (χ0v) is 30.3. The van der Waals surface area contributed by atoms with E-state index in [-0.39, 0.29) is 30.4 Å². The zero-order chi connectivity index (χ0) is 35.7. The molecule has 1 aliphatic heterocycles. The second-order valence-corrected chi connectivity index (χ2v) is 15.4. The van der Waals surface area contributed by atoms with E-state index in [0.29, 0.717) is 57.4 Å². The fraction of sp³-hybridized carbons (Fsp3) is 0.395. The molecule has 272 valence electrons. The van der Waals surface area contributed by atoms with Gasteiger partial charge < -0.3 is 20.1 Å². The number of morpholine rings is 1. The molecule has 2 heterocycles. The molecule has 3 aromatic carbocycles. The molecule has 3 N–H and O–H groups in total. The number of sulfonamides is 1. The van der Waals surface area contributed by atoms with Crippen LogP contribution < -0.4 is 15.4 Å². The lowest BCUT2D eigenvalue weighted by atomic mass is 9.95. The van der Waals surface area contributed by atoms with Crippen molar-refractivity contribution in [3.05, 3.63) is 124 Å². The fourth-order valence-electron chi connectivity index (χ4n) is 6.04. The summed E-state index contributed by atoms with van der Waals surface area (Å²) in [5.74, 6) is -0.605. The van der Waals surface area contributed by atoms with E-state index in [1.54, 1.807) is 36.0 Å². The predicted octanol–water partition coefficient (Wildman–Crippen LogP) is 4.70. The molecule has 1 fully saturated rings. The van der Waals surface area contributed by atoms with Crippen molar-refractivity contribution in [2.24, 2.45) is 0 Å². The fourth-order valence-corrected chi connectivity index (χ4v) is 7.92. The summed E-state index contributed by atoms with van der Waals surface area (Å²) < 4.78 is 40.5. The van der Waals surface area contributed by atoms with E-state index in [0.717, 1.165) is 29.1 Å². The molecule has 1 aliphatic rings. The van der Waals surface area contributed by atoms with Gasteiger partial charge in [0, 0.05) is 37.9 Å². The van der Waals surface area contributed by atoms with Crippen LogP contribution in [0.4, 0.5) is 4.79 Å². The number of alkyl carbamates (subject to hydrolysis) is 1. The van der Waals surface area contributed by atoms with Crippen LogP contribution in [0, 0.1) is 0 Å². The largest absolute Gasteiger partial charge is 0.444 e. The molecule has 5 rings (SSSR count). The Morgan fingerprint density at radius 1 is 0.804 bits per heavy atom. The molecule has 1 saturated heterocycles. The van der Waals surface area contributed by atoms with E-state index in [4.69, 9.17) is 9.47 Å². The lowest BCUT2D eigenvalue weighted by Crippen LogP contribution is -2.52. The number of thiazole rings is 1. The van der Waals surface area contributed by atoms with Crippen molar-refractivity contribution in [3.8, 4) is 0 Å². The van der Waals surface area contributed by atoms with Crippen molar-refractivity contribution in [1.82, 2.24) is 25.2 Å². The molecule has 0 radical (unpaired) electrons.